The second kappa shape index (κ2) is 6.27. The lowest BCUT2D eigenvalue weighted by Crippen LogP contribution is -2.41. The van der Waals surface area contributed by atoms with Crippen molar-refractivity contribution in [2.75, 3.05) is 19.6 Å². The van der Waals surface area contributed by atoms with Crippen molar-refractivity contribution in [3.05, 3.63) is 48.0 Å². The Kier molecular flexibility index (Phi) is 4.20. The van der Waals surface area contributed by atoms with Gasteiger partial charge in [0.2, 0.25) is 0 Å². The van der Waals surface area contributed by atoms with E-state index in [9.17, 15) is 4.79 Å². The number of fused-ring (bicyclic) bond motifs is 1. The monoisotopic (exact) mass is 282 g/mol. The van der Waals surface area contributed by atoms with Crippen LogP contribution in [-0.4, -0.2) is 25.5 Å². The molecule has 1 fully saturated rings. The summed E-state index contributed by atoms with van der Waals surface area (Å²) in [5, 5.41) is 8.66. The number of carbonyl (C=O) groups excluding carboxylic acids is 1. The molecular weight excluding hydrogens is 260 g/mol. The number of hydrogen-bond donors (Lipinski definition) is 2. The first-order chi connectivity index (χ1) is 10.3. The van der Waals surface area contributed by atoms with E-state index in [0.717, 1.165) is 42.4 Å². The van der Waals surface area contributed by atoms with Gasteiger partial charge in [-0.2, -0.15) is 0 Å². The molecule has 0 radical (unpaired) electrons. The number of hydrogen-bond acceptors (Lipinski definition) is 2. The summed E-state index contributed by atoms with van der Waals surface area (Å²) in [6, 6.07) is 13.9. The van der Waals surface area contributed by atoms with E-state index in [1.807, 2.05) is 42.5 Å². The first-order valence-corrected chi connectivity index (χ1v) is 7.72. The number of piperidine rings is 1. The van der Waals surface area contributed by atoms with Crippen LogP contribution in [0.4, 0.5) is 0 Å². The largest absolute Gasteiger partial charge is 0.352 e. The molecule has 1 aliphatic heterocycles. The predicted molar refractivity (Wildman–Crippen MR) is 86.4 cm³/mol. The van der Waals surface area contributed by atoms with E-state index in [1.165, 1.54) is 0 Å². The molecule has 0 spiro atoms. The summed E-state index contributed by atoms with van der Waals surface area (Å²) in [7, 11) is 0. The van der Waals surface area contributed by atoms with Gasteiger partial charge in [0.05, 0.1) is 0 Å². The number of rotatable bonds is 3. The fourth-order valence-corrected chi connectivity index (χ4v) is 3.11. The maximum Gasteiger partial charge on any atom is 0.251 e. The Morgan fingerprint density at radius 3 is 2.90 bits per heavy atom. The van der Waals surface area contributed by atoms with Gasteiger partial charge in [0.25, 0.3) is 5.91 Å². The summed E-state index contributed by atoms with van der Waals surface area (Å²) < 4.78 is 0. The summed E-state index contributed by atoms with van der Waals surface area (Å²) in [4.78, 5) is 12.5. The van der Waals surface area contributed by atoms with Gasteiger partial charge >= 0.3 is 0 Å². The second-order valence-corrected chi connectivity index (χ2v) is 5.97. The molecule has 0 aromatic heterocycles. The minimum Gasteiger partial charge on any atom is -0.352 e. The average molecular weight is 282 g/mol. The van der Waals surface area contributed by atoms with Crippen LogP contribution in [0.2, 0.25) is 0 Å². The quantitative estimate of drug-likeness (QED) is 0.909. The lowest BCUT2D eigenvalue weighted by molar-refractivity contribution is 0.0940. The van der Waals surface area contributed by atoms with E-state index < -0.39 is 0 Å². The van der Waals surface area contributed by atoms with Crippen LogP contribution in [0.25, 0.3) is 10.8 Å². The Morgan fingerprint density at radius 1 is 1.24 bits per heavy atom. The first-order valence-electron chi connectivity index (χ1n) is 7.72. The molecule has 3 nitrogen and oxygen atoms in total. The van der Waals surface area contributed by atoms with Crippen LogP contribution < -0.4 is 10.6 Å². The van der Waals surface area contributed by atoms with Crippen molar-refractivity contribution in [3.8, 4) is 0 Å². The van der Waals surface area contributed by atoms with Crippen LogP contribution >= 0.6 is 0 Å². The second-order valence-electron chi connectivity index (χ2n) is 5.97. The highest BCUT2D eigenvalue weighted by Gasteiger charge is 2.21. The predicted octanol–water partition coefficient (Wildman–Crippen LogP) is 2.82. The van der Waals surface area contributed by atoms with Crippen molar-refractivity contribution in [1.29, 1.82) is 0 Å². The molecule has 110 valence electrons. The zero-order chi connectivity index (χ0) is 14.7. The molecule has 2 unspecified atom stereocenters. The smallest absolute Gasteiger partial charge is 0.251 e. The van der Waals surface area contributed by atoms with Gasteiger partial charge in [0, 0.05) is 12.1 Å². The molecule has 2 N–H and O–H groups in total. The molecule has 3 heteroatoms. The summed E-state index contributed by atoms with van der Waals surface area (Å²) in [6.07, 6.45) is 1.14. The third-order valence-electron chi connectivity index (χ3n) is 4.52. The molecule has 0 saturated carbocycles. The third kappa shape index (κ3) is 3.08. The van der Waals surface area contributed by atoms with Crippen LogP contribution in [0.5, 0.6) is 0 Å². The molecule has 3 rings (SSSR count). The van der Waals surface area contributed by atoms with E-state index in [4.69, 9.17) is 0 Å². The lowest BCUT2D eigenvalue weighted by Gasteiger charge is -2.29. The van der Waals surface area contributed by atoms with E-state index >= 15 is 0 Å². The van der Waals surface area contributed by atoms with Gasteiger partial charge in [-0.15, -0.1) is 0 Å². The van der Waals surface area contributed by atoms with Crippen molar-refractivity contribution in [2.24, 2.45) is 11.8 Å². The Bertz CT molecular complexity index is 633. The summed E-state index contributed by atoms with van der Waals surface area (Å²) in [5.74, 6) is 1.23. The van der Waals surface area contributed by atoms with Crippen LogP contribution in [0, 0.1) is 11.8 Å². The summed E-state index contributed by atoms with van der Waals surface area (Å²) >= 11 is 0. The average Bonchev–Trinajstić information content (AvgIpc) is 2.53. The highest BCUT2D eigenvalue weighted by molar-refractivity contribution is 6.06. The van der Waals surface area contributed by atoms with Crippen LogP contribution in [0.1, 0.15) is 23.7 Å². The molecular formula is C18H22N2O. The Hall–Kier alpha value is -1.87. The third-order valence-corrected chi connectivity index (χ3v) is 4.52. The molecule has 2 aromatic carbocycles. The number of carbonyl (C=O) groups is 1. The van der Waals surface area contributed by atoms with Gasteiger partial charge in [-0.1, -0.05) is 43.3 Å². The van der Waals surface area contributed by atoms with Crippen molar-refractivity contribution in [3.63, 3.8) is 0 Å². The molecule has 0 bridgehead atoms. The SMILES string of the molecule is CC1CNCCC1CNC(=O)c1cccc2ccccc12. The van der Waals surface area contributed by atoms with Crippen LogP contribution in [-0.2, 0) is 0 Å². The van der Waals surface area contributed by atoms with E-state index in [0.29, 0.717) is 11.8 Å². The van der Waals surface area contributed by atoms with Crippen molar-refractivity contribution < 1.29 is 4.79 Å². The van der Waals surface area contributed by atoms with Crippen LogP contribution in [0.15, 0.2) is 42.5 Å². The van der Waals surface area contributed by atoms with E-state index in [2.05, 4.69) is 17.6 Å². The summed E-state index contributed by atoms with van der Waals surface area (Å²) in [6.45, 7) is 5.12. The Morgan fingerprint density at radius 2 is 2.05 bits per heavy atom. The summed E-state index contributed by atoms with van der Waals surface area (Å²) in [5.41, 5.74) is 0.773. The molecule has 1 heterocycles. The minimum absolute atomic E-state index is 0.0394. The number of amides is 1. The maximum absolute atomic E-state index is 12.5. The molecule has 1 amide bonds. The van der Waals surface area contributed by atoms with Crippen molar-refractivity contribution >= 4 is 16.7 Å². The molecule has 0 aliphatic carbocycles. The van der Waals surface area contributed by atoms with Gasteiger partial charge in [0.1, 0.15) is 0 Å². The molecule has 21 heavy (non-hydrogen) atoms. The minimum atomic E-state index is 0.0394. The highest BCUT2D eigenvalue weighted by atomic mass is 16.1. The van der Waals surface area contributed by atoms with Gasteiger partial charge < -0.3 is 10.6 Å². The maximum atomic E-state index is 12.5. The molecule has 1 aliphatic rings. The van der Waals surface area contributed by atoms with Crippen molar-refractivity contribution in [2.45, 2.75) is 13.3 Å². The topological polar surface area (TPSA) is 41.1 Å². The Labute approximate surface area is 125 Å². The zero-order valence-electron chi connectivity index (χ0n) is 12.4. The fraction of sp³-hybridized carbons (Fsp3) is 0.389. The first kappa shape index (κ1) is 14.1. The van der Waals surface area contributed by atoms with Gasteiger partial charge in [0.15, 0.2) is 0 Å². The zero-order valence-corrected chi connectivity index (χ0v) is 12.4. The van der Waals surface area contributed by atoms with E-state index in [1.54, 1.807) is 0 Å². The standard InChI is InChI=1S/C18H22N2O/c1-13-11-19-10-9-15(13)12-20-18(21)17-8-4-6-14-5-2-3-7-16(14)17/h2-8,13,15,19H,9-12H2,1H3,(H,20,21). The highest BCUT2D eigenvalue weighted by Crippen LogP contribution is 2.20. The van der Waals surface area contributed by atoms with Crippen LogP contribution in [0.3, 0.4) is 0 Å². The van der Waals surface area contributed by atoms with Gasteiger partial charge in [-0.25, -0.2) is 0 Å². The Balaban J connectivity index is 1.72. The van der Waals surface area contributed by atoms with Gasteiger partial charge in [-0.3, -0.25) is 4.79 Å². The molecule has 2 atom stereocenters. The molecule has 1 saturated heterocycles. The normalized spacial score (nSPS) is 22.1. The fourth-order valence-electron chi connectivity index (χ4n) is 3.11. The van der Waals surface area contributed by atoms with E-state index in [-0.39, 0.29) is 5.91 Å². The molecule has 2 aromatic rings. The van der Waals surface area contributed by atoms with Crippen molar-refractivity contribution in [1.82, 2.24) is 10.6 Å². The van der Waals surface area contributed by atoms with Gasteiger partial charge in [-0.05, 0) is 48.2 Å². The number of nitrogens with one attached hydrogen (secondary N) is 2. The number of benzene rings is 2. The lowest BCUT2D eigenvalue weighted by atomic mass is 9.88.